The van der Waals surface area contributed by atoms with Crippen LogP contribution in [0.5, 0.6) is 0 Å². The molecule has 1 aromatic rings. The second-order valence-electron chi connectivity index (χ2n) is 7.66. The molecule has 0 aromatic heterocycles. The summed E-state index contributed by atoms with van der Waals surface area (Å²) in [5.41, 5.74) is 1.92. The Hall–Kier alpha value is -1.80. The Kier molecular flexibility index (Phi) is 9.23. The van der Waals surface area contributed by atoms with Crippen LogP contribution in [0.1, 0.15) is 43.2 Å². The van der Waals surface area contributed by atoms with Crippen LogP contribution in [0.2, 0.25) is 0 Å². The highest BCUT2D eigenvalue weighted by Crippen LogP contribution is 2.40. The Morgan fingerprint density at radius 1 is 1.17 bits per heavy atom. The van der Waals surface area contributed by atoms with E-state index < -0.39 is 12.8 Å². The first-order chi connectivity index (χ1) is 13.9. The molecule has 0 aliphatic heterocycles. The lowest BCUT2D eigenvalue weighted by Gasteiger charge is -2.30. The Balaban J connectivity index is 1.82. The first-order valence-corrected chi connectivity index (χ1v) is 10.0. The summed E-state index contributed by atoms with van der Waals surface area (Å²) in [6.07, 6.45) is 1.62. The zero-order chi connectivity index (χ0) is 21.2. The molecule has 164 valence electrons. The molecule has 0 amide bonds. The van der Waals surface area contributed by atoms with Crippen molar-refractivity contribution in [3.05, 3.63) is 35.4 Å². The molecule has 1 saturated carbocycles. The lowest BCUT2D eigenvalue weighted by Crippen LogP contribution is -2.43. The van der Waals surface area contributed by atoms with Crippen molar-refractivity contribution in [1.29, 1.82) is 0 Å². The van der Waals surface area contributed by atoms with Crippen molar-refractivity contribution in [2.75, 3.05) is 33.9 Å². The number of nitrogens with zero attached hydrogens (tertiary/aromatic N) is 1. The maximum Gasteiger partial charge on any atom is 0.411 e. The fourth-order valence-electron chi connectivity index (χ4n) is 3.75. The molecule has 0 spiro atoms. The van der Waals surface area contributed by atoms with Crippen LogP contribution in [-0.4, -0.2) is 46.1 Å². The quantitative estimate of drug-likeness (QED) is 0.448. The van der Waals surface area contributed by atoms with Gasteiger partial charge in [0.25, 0.3) is 0 Å². The lowest BCUT2D eigenvalue weighted by atomic mass is 9.83. The predicted molar refractivity (Wildman–Crippen MR) is 108 cm³/mol. The van der Waals surface area contributed by atoms with E-state index in [4.69, 9.17) is 9.47 Å². The first kappa shape index (κ1) is 23.5. The summed E-state index contributed by atoms with van der Waals surface area (Å²) < 4.78 is 46.6. The summed E-state index contributed by atoms with van der Waals surface area (Å²) in [6, 6.07) is 7.34. The van der Waals surface area contributed by atoms with E-state index in [2.05, 4.69) is 15.6 Å². The zero-order valence-electron chi connectivity index (χ0n) is 17.3. The largest absolute Gasteiger partial charge is 0.411 e. The average molecular weight is 416 g/mol. The van der Waals surface area contributed by atoms with Crippen LogP contribution in [-0.2, 0) is 22.6 Å². The van der Waals surface area contributed by atoms with Gasteiger partial charge in [0.05, 0.1) is 6.61 Å². The molecule has 29 heavy (non-hydrogen) atoms. The molecule has 2 rings (SSSR count). The van der Waals surface area contributed by atoms with E-state index >= 15 is 0 Å². The van der Waals surface area contributed by atoms with Gasteiger partial charge in [0.1, 0.15) is 6.61 Å². The Bertz CT molecular complexity index is 644. The standard InChI is InChI=1S/C21H32F3N3O2/c1-25-19(27-15-20(10-11-28-2)8-3-4-9-20)26-13-17-6-5-7-18(12-17)14-29-16-21(22,23)24/h5-7,12H,3-4,8-11,13-16H2,1-2H3,(H2,25,26,27). The Labute approximate surface area is 171 Å². The molecule has 8 heteroatoms. The predicted octanol–water partition coefficient (Wildman–Crippen LogP) is 4.03. The monoisotopic (exact) mass is 415 g/mol. The topological polar surface area (TPSA) is 54.9 Å². The lowest BCUT2D eigenvalue weighted by molar-refractivity contribution is -0.176. The van der Waals surface area contributed by atoms with Crippen molar-refractivity contribution in [3.8, 4) is 0 Å². The molecular formula is C21H32F3N3O2. The molecule has 0 atom stereocenters. The van der Waals surface area contributed by atoms with Gasteiger partial charge in [-0.3, -0.25) is 4.99 Å². The van der Waals surface area contributed by atoms with Crippen LogP contribution in [0.15, 0.2) is 29.3 Å². The minimum absolute atomic E-state index is 0.0671. The average Bonchev–Trinajstić information content (AvgIpc) is 3.15. The van der Waals surface area contributed by atoms with Crippen LogP contribution < -0.4 is 10.6 Å². The number of aliphatic imine (C=N–C) groups is 1. The van der Waals surface area contributed by atoms with Gasteiger partial charge in [0.2, 0.25) is 0 Å². The first-order valence-electron chi connectivity index (χ1n) is 10.0. The van der Waals surface area contributed by atoms with Gasteiger partial charge >= 0.3 is 6.18 Å². The summed E-state index contributed by atoms with van der Waals surface area (Å²) >= 11 is 0. The molecule has 5 nitrogen and oxygen atoms in total. The van der Waals surface area contributed by atoms with Gasteiger partial charge in [-0.25, -0.2) is 0 Å². The molecule has 1 aliphatic carbocycles. The molecular weight excluding hydrogens is 383 g/mol. The molecule has 1 fully saturated rings. The van der Waals surface area contributed by atoms with E-state index in [0.717, 1.165) is 25.1 Å². The fraction of sp³-hybridized carbons (Fsp3) is 0.667. The van der Waals surface area contributed by atoms with Crippen LogP contribution in [0.3, 0.4) is 0 Å². The maximum atomic E-state index is 12.2. The highest BCUT2D eigenvalue weighted by molar-refractivity contribution is 5.79. The van der Waals surface area contributed by atoms with Crippen molar-refractivity contribution in [2.45, 2.75) is 51.4 Å². The highest BCUT2D eigenvalue weighted by atomic mass is 19.4. The molecule has 0 unspecified atom stereocenters. The van der Waals surface area contributed by atoms with Gasteiger partial charge < -0.3 is 20.1 Å². The molecule has 0 saturated heterocycles. The number of benzene rings is 1. The van der Waals surface area contributed by atoms with Gasteiger partial charge in [-0.1, -0.05) is 37.1 Å². The van der Waals surface area contributed by atoms with E-state index in [1.54, 1.807) is 20.2 Å². The van der Waals surface area contributed by atoms with Crippen molar-refractivity contribution in [3.63, 3.8) is 0 Å². The number of hydrogen-bond donors (Lipinski definition) is 2. The molecule has 1 aliphatic rings. The molecule has 0 heterocycles. The van der Waals surface area contributed by atoms with Gasteiger partial charge in [-0.15, -0.1) is 0 Å². The van der Waals surface area contributed by atoms with E-state index in [9.17, 15) is 13.2 Å². The number of ether oxygens (including phenoxy) is 2. The van der Waals surface area contributed by atoms with Crippen LogP contribution in [0.25, 0.3) is 0 Å². The summed E-state index contributed by atoms with van der Waals surface area (Å²) in [5, 5.41) is 6.71. The minimum Gasteiger partial charge on any atom is -0.385 e. The fourth-order valence-corrected chi connectivity index (χ4v) is 3.75. The number of guanidine groups is 1. The zero-order valence-corrected chi connectivity index (χ0v) is 17.3. The van der Waals surface area contributed by atoms with E-state index in [1.807, 2.05) is 18.2 Å². The molecule has 0 radical (unpaired) electrons. The van der Waals surface area contributed by atoms with Crippen molar-refractivity contribution < 1.29 is 22.6 Å². The Morgan fingerprint density at radius 3 is 2.55 bits per heavy atom. The molecule has 1 aromatic carbocycles. The number of methoxy groups -OCH3 is 1. The van der Waals surface area contributed by atoms with Gasteiger partial charge in [-0.05, 0) is 35.8 Å². The normalized spacial score (nSPS) is 16.8. The maximum absolute atomic E-state index is 12.2. The summed E-state index contributed by atoms with van der Waals surface area (Å²) in [6.45, 7) is 0.829. The van der Waals surface area contributed by atoms with Gasteiger partial charge in [0.15, 0.2) is 5.96 Å². The number of rotatable bonds is 10. The third kappa shape index (κ3) is 8.62. The third-order valence-electron chi connectivity index (χ3n) is 5.34. The third-order valence-corrected chi connectivity index (χ3v) is 5.34. The van der Waals surface area contributed by atoms with Gasteiger partial charge in [-0.2, -0.15) is 13.2 Å². The van der Waals surface area contributed by atoms with Crippen LogP contribution >= 0.6 is 0 Å². The van der Waals surface area contributed by atoms with Crippen molar-refractivity contribution >= 4 is 5.96 Å². The second kappa shape index (κ2) is 11.4. The van der Waals surface area contributed by atoms with Crippen LogP contribution in [0, 0.1) is 5.41 Å². The highest BCUT2D eigenvalue weighted by Gasteiger charge is 2.33. The summed E-state index contributed by atoms with van der Waals surface area (Å²) in [7, 11) is 3.46. The minimum atomic E-state index is -4.31. The summed E-state index contributed by atoms with van der Waals surface area (Å²) in [4.78, 5) is 4.29. The van der Waals surface area contributed by atoms with Crippen molar-refractivity contribution in [2.24, 2.45) is 10.4 Å². The number of halogens is 3. The second-order valence-corrected chi connectivity index (χ2v) is 7.66. The SMILES string of the molecule is CN=C(NCc1cccc(COCC(F)(F)F)c1)NCC1(CCOC)CCCC1. The van der Waals surface area contributed by atoms with Gasteiger partial charge in [0, 0.05) is 33.9 Å². The van der Waals surface area contributed by atoms with E-state index in [0.29, 0.717) is 18.1 Å². The van der Waals surface area contributed by atoms with E-state index in [1.165, 1.54) is 25.7 Å². The van der Waals surface area contributed by atoms with Crippen LogP contribution in [0.4, 0.5) is 13.2 Å². The number of alkyl halides is 3. The smallest absolute Gasteiger partial charge is 0.385 e. The Morgan fingerprint density at radius 2 is 1.90 bits per heavy atom. The molecule has 0 bridgehead atoms. The number of hydrogen-bond acceptors (Lipinski definition) is 3. The van der Waals surface area contributed by atoms with Crippen molar-refractivity contribution in [1.82, 2.24) is 10.6 Å². The molecule has 2 N–H and O–H groups in total. The van der Waals surface area contributed by atoms with E-state index in [-0.39, 0.29) is 12.0 Å². The number of nitrogens with one attached hydrogen (secondary N) is 2. The summed E-state index contributed by atoms with van der Waals surface area (Å²) in [5.74, 6) is 0.715.